The summed E-state index contributed by atoms with van der Waals surface area (Å²) < 4.78 is 0. The molecule has 0 spiro atoms. The van der Waals surface area contributed by atoms with Crippen LogP contribution in [0, 0.1) is 23.2 Å². The van der Waals surface area contributed by atoms with E-state index in [1.165, 1.54) is 30.6 Å². The summed E-state index contributed by atoms with van der Waals surface area (Å²) in [5.74, 6) is 2.48. The lowest BCUT2D eigenvalue weighted by Crippen LogP contribution is -2.51. The second-order valence-corrected chi connectivity index (χ2v) is 8.26. The first-order valence-corrected chi connectivity index (χ1v) is 8.87. The van der Waals surface area contributed by atoms with Gasteiger partial charge in [0.15, 0.2) is 5.13 Å². The van der Waals surface area contributed by atoms with Crippen LogP contribution in [0.1, 0.15) is 57.2 Å². The van der Waals surface area contributed by atoms with Gasteiger partial charge in [-0.15, -0.1) is 11.3 Å². The second-order valence-electron chi connectivity index (χ2n) is 7.41. The van der Waals surface area contributed by atoms with Gasteiger partial charge in [0.1, 0.15) is 0 Å². The maximum atomic E-state index is 12.8. The Bertz CT molecular complexity index is 531. The van der Waals surface area contributed by atoms with E-state index >= 15 is 0 Å². The molecule has 1 heterocycles. The molecule has 21 heavy (non-hydrogen) atoms. The number of nitrogens with one attached hydrogen (secondary N) is 1. The monoisotopic (exact) mass is 306 g/mol. The fraction of sp³-hybridized carbons (Fsp3) is 0.750. The number of carbonyl (C=O) groups excluding carboxylic acids is 1. The van der Waals surface area contributed by atoms with E-state index in [2.05, 4.69) is 10.3 Å². The molecule has 1 aromatic rings. The van der Waals surface area contributed by atoms with E-state index in [1.54, 1.807) is 6.92 Å². The molecule has 0 aliphatic heterocycles. The van der Waals surface area contributed by atoms with Crippen molar-refractivity contribution in [1.82, 2.24) is 4.98 Å². The summed E-state index contributed by atoms with van der Waals surface area (Å²) in [4.78, 5) is 17.2. The highest BCUT2D eigenvalue weighted by Gasteiger charge is 2.54. The van der Waals surface area contributed by atoms with E-state index in [0.717, 1.165) is 37.0 Å². The number of nitrogens with zero attached hydrogens (tertiary/aromatic N) is 1. The second kappa shape index (κ2) is 4.78. The molecule has 4 fully saturated rings. The molecule has 4 aliphatic carbocycles. The Morgan fingerprint density at radius 3 is 2.38 bits per heavy atom. The Labute approximate surface area is 129 Å². The van der Waals surface area contributed by atoms with Crippen molar-refractivity contribution in [3.63, 3.8) is 0 Å². The lowest BCUT2D eigenvalue weighted by Gasteiger charge is -2.55. The third kappa shape index (κ3) is 2.30. The number of hydrogen-bond donors (Lipinski definition) is 2. The van der Waals surface area contributed by atoms with Gasteiger partial charge in [-0.05, 0) is 63.2 Å². The third-order valence-corrected chi connectivity index (χ3v) is 6.47. The Morgan fingerprint density at radius 2 is 1.90 bits per heavy atom. The first kappa shape index (κ1) is 13.7. The van der Waals surface area contributed by atoms with Crippen LogP contribution in [-0.4, -0.2) is 16.0 Å². The number of anilines is 1. The standard InChI is InChI=1S/C16H22N2O2S/c1-9(19)13-8-21-15(17-13)18-14(20)16-5-10-2-11(6-16)4-12(3-10)7-16/h8-12,19H,2-7H2,1H3,(H,17,18,20). The van der Waals surface area contributed by atoms with Crippen molar-refractivity contribution in [2.24, 2.45) is 23.2 Å². The Kier molecular flexibility index (Phi) is 3.12. The number of aliphatic hydroxyl groups is 1. The fourth-order valence-corrected chi connectivity index (χ4v) is 5.95. The Hall–Kier alpha value is -0.940. The first-order chi connectivity index (χ1) is 10.0. The van der Waals surface area contributed by atoms with E-state index in [-0.39, 0.29) is 11.3 Å². The lowest BCUT2D eigenvalue weighted by atomic mass is 9.49. The number of rotatable bonds is 3. The van der Waals surface area contributed by atoms with Gasteiger partial charge in [0.25, 0.3) is 0 Å². The van der Waals surface area contributed by atoms with Gasteiger partial charge in [-0.1, -0.05) is 0 Å². The van der Waals surface area contributed by atoms with Crippen molar-refractivity contribution in [2.75, 3.05) is 5.32 Å². The molecule has 0 aromatic carbocycles. The molecule has 1 amide bonds. The van der Waals surface area contributed by atoms with Crippen LogP contribution in [0.15, 0.2) is 5.38 Å². The van der Waals surface area contributed by atoms with Crippen LogP contribution in [0.2, 0.25) is 0 Å². The van der Waals surface area contributed by atoms with Crippen LogP contribution < -0.4 is 5.32 Å². The molecule has 4 nitrogen and oxygen atoms in total. The smallest absolute Gasteiger partial charge is 0.232 e. The van der Waals surface area contributed by atoms with Crippen molar-refractivity contribution in [3.05, 3.63) is 11.1 Å². The summed E-state index contributed by atoms with van der Waals surface area (Å²) in [7, 11) is 0. The minimum Gasteiger partial charge on any atom is -0.387 e. The summed E-state index contributed by atoms with van der Waals surface area (Å²) in [6.45, 7) is 1.69. The Morgan fingerprint density at radius 1 is 1.33 bits per heavy atom. The minimum atomic E-state index is -0.577. The van der Waals surface area contributed by atoms with E-state index in [9.17, 15) is 9.90 Å². The maximum absolute atomic E-state index is 12.8. The maximum Gasteiger partial charge on any atom is 0.232 e. The molecular formula is C16H22N2O2S. The van der Waals surface area contributed by atoms with Crippen LogP contribution in [-0.2, 0) is 4.79 Å². The zero-order valence-electron chi connectivity index (χ0n) is 12.3. The molecule has 0 saturated heterocycles. The highest BCUT2D eigenvalue weighted by molar-refractivity contribution is 7.13. The van der Waals surface area contributed by atoms with Gasteiger partial charge in [0.2, 0.25) is 5.91 Å². The quantitative estimate of drug-likeness (QED) is 0.900. The molecule has 1 atom stereocenters. The van der Waals surface area contributed by atoms with Crippen molar-refractivity contribution >= 4 is 22.4 Å². The zero-order chi connectivity index (χ0) is 14.6. The molecule has 4 saturated carbocycles. The largest absolute Gasteiger partial charge is 0.387 e. The number of amides is 1. The van der Waals surface area contributed by atoms with Gasteiger partial charge in [-0.2, -0.15) is 0 Å². The number of hydrogen-bond acceptors (Lipinski definition) is 4. The summed E-state index contributed by atoms with van der Waals surface area (Å²) >= 11 is 1.41. The van der Waals surface area contributed by atoms with Crippen molar-refractivity contribution in [3.8, 4) is 0 Å². The van der Waals surface area contributed by atoms with Gasteiger partial charge < -0.3 is 10.4 Å². The van der Waals surface area contributed by atoms with E-state index < -0.39 is 6.10 Å². The van der Waals surface area contributed by atoms with Crippen molar-refractivity contribution in [2.45, 2.75) is 51.6 Å². The van der Waals surface area contributed by atoms with Gasteiger partial charge in [0, 0.05) is 5.38 Å². The highest BCUT2D eigenvalue weighted by atomic mass is 32.1. The average Bonchev–Trinajstić information content (AvgIpc) is 2.85. The molecule has 0 radical (unpaired) electrons. The van der Waals surface area contributed by atoms with Crippen LogP contribution in [0.4, 0.5) is 5.13 Å². The number of aromatic nitrogens is 1. The van der Waals surface area contributed by atoms with Gasteiger partial charge in [-0.25, -0.2) is 4.98 Å². The molecule has 114 valence electrons. The molecule has 1 aromatic heterocycles. The Balaban J connectivity index is 1.51. The topological polar surface area (TPSA) is 62.2 Å². The molecule has 4 bridgehead atoms. The molecule has 2 N–H and O–H groups in total. The first-order valence-electron chi connectivity index (χ1n) is 7.99. The number of aliphatic hydroxyl groups excluding tert-OH is 1. The van der Waals surface area contributed by atoms with Crippen molar-refractivity contribution < 1.29 is 9.90 Å². The highest BCUT2D eigenvalue weighted by Crippen LogP contribution is 2.60. The molecule has 1 unspecified atom stereocenters. The van der Waals surface area contributed by atoms with E-state index in [1.807, 2.05) is 5.38 Å². The third-order valence-electron chi connectivity index (χ3n) is 5.69. The minimum absolute atomic E-state index is 0.134. The summed E-state index contributed by atoms with van der Waals surface area (Å²) in [6, 6.07) is 0. The predicted octanol–water partition coefficient (Wildman–Crippen LogP) is 3.35. The van der Waals surface area contributed by atoms with E-state index in [4.69, 9.17) is 0 Å². The van der Waals surface area contributed by atoms with Crippen LogP contribution in [0.5, 0.6) is 0 Å². The average molecular weight is 306 g/mol. The SMILES string of the molecule is CC(O)c1csc(NC(=O)C23CC4CC(CC(C4)C2)C3)n1. The van der Waals surface area contributed by atoms with Crippen LogP contribution in [0.25, 0.3) is 0 Å². The summed E-state index contributed by atoms with van der Waals surface area (Å²) in [6.07, 6.45) is 6.66. The number of thiazole rings is 1. The van der Waals surface area contributed by atoms with Gasteiger partial charge in [0.05, 0.1) is 17.2 Å². The van der Waals surface area contributed by atoms with Crippen LogP contribution >= 0.6 is 11.3 Å². The molecule has 5 heteroatoms. The van der Waals surface area contributed by atoms with Gasteiger partial charge >= 0.3 is 0 Å². The summed E-state index contributed by atoms with van der Waals surface area (Å²) in [5.41, 5.74) is 0.506. The number of carbonyl (C=O) groups is 1. The van der Waals surface area contributed by atoms with Crippen molar-refractivity contribution in [1.29, 1.82) is 0 Å². The van der Waals surface area contributed by atoms with E-state index in [0.29, 0.717) is 10.8 Å². The lowest BCUT2D eigenvalue weighted by molar-refractivity contribution is -0.140. The molecule has 4 aliphatic rings. The predicted molar refractivity (Wildman–Crippen MR) is 82.0 cm³/mol. The van der Waals surface area contributed by atoms with Crippen LogP contribution in [0.3, 0.4) is 0 Å². The molecule has 5 rings (SSSR count). The zero-order valence-corrected chi connectivity index (χ0v) is 13.2. The summed E-state index contributed by atoms with van der Waals surface area (Å²) in [5, 5.41) is 15.0. The molecular weight excluding hydrogens is 284 g/mol. The fourth-order valence-electron chi connectivity index (χ4n) is 5.15. The van der Waals surface area contributed by atoms with Gasteiger partial charge in [-0.3, -0.25) is 4.79 Å². The normalized spacial score (nSPS) is 38.5.